The maximum Gasteiger partial charge on any atom is 0.313 e. The SMILES string of the molecule is COC(COC(=O)CC(C)=O)COC(=O)CC(C)=O. The number of carbonyl (C=O) groups excluding carboxylic acids is 4. The van der Waals surface area contributed by atoms with E-state index in [1.807, 2.05) is 0 Å². The number of hydrogen-bond acceptors (Lipinski definition) is 7. The van der Waals surface area contributed by atoms with Crippen LogP contribution in [0.3, 0.4) is 0 Å². The first kappa shape index (κ1) is 17.2. The third-order valence-corrected chi connectivity index (χ3v) is 1.98. The van der Waals surface area contributed by atoms with Crippen molar-refractivity contribution in [1.29, 1.82) is 0 Å². The molecule has 0 bridgehead atoms. The van der Waals surface area contributed by atoms with Gasteiger partial charge in [0.15, 0.2) is 0 Å². The maximum atomic E-state index is 11.1. The van der Waals surface area contributed by atoms with Crippen LogP contribution in [0.4, 0.5) is 0 Å². The standard InChI is InChI=1S/C12H18O7/c1-8(13)4-11(15)18-6-10(17-3)7-19-12(16)5-9(2)14/h10H,4-7H2,1-3H3. The van der Waals surface area contributed by atoms with Crippen LogP contribution in [0, 0.1) is 0 Å². The largest absolute Gasteiger partial charge is 0.462 e. The van der Waals surface area contributed by atoms with Gasteiger partial charge in [-0.05, 0) is 13.8 Å². The van der Waals surface area contributed by atoms with E-state index in [2.05, 4.69) is 0 Å². The molecule has 7 nitrogen and oxygen atoms in total. The number of esters is 2. The predicted octanol–water partition coefficient (Wildman–Crippen LogP) is 0.0460. The molecule has 0 heterocycles. The van der Waals surface area contributed by atoms with Gasteiger partial charge in [0, 0.05) is 7.11 Å². The lowest BCUT2D eigenvalue weighted by atomic mass is 10.3. The van der Waals surface area contributed by atoms with Gasteiger partial charge in [-0.2, -0.15) is 0 Å². The Kier molecular flexibility index (Phi) is 8.35. The van der Waals surface area contributed by atoms with Gasteiger partial charge in [0.1, 0.15) is 43.7 Å². The average molecular weight is 274 g/mol. The van der Waals surface area contributed by atoms with Crippen LogP contribution in [0.1, 0.15) is 26.7 Å². The summed E-state index contributed by atoms with van der Waals surface area (Å²) >= 11 is 0. The van der Waals surface area contributed by atoms with Crippen molar-refractivity contribution in [2.24, 2.45) is 0 Å². The van der Waals surface area contributed by atoms with Gasteiger partial charge >= 0.3 is 11.9 Å². The van der Waals surface area contributed by atoms with E-state index in [-0.39, 0.29) is 37.6 Å². The number of methoxy groups -OCH3 is 1. The molecule has 0 saturated carbocycles. The summed E-state index contributed by atoms with van der Waals surface area (Å²) in [6.45, 7) is 2.29. The Bertz CT molecular complexity index is 316. The summed E-state index contributed by atoms with van der Waals surface area (Å²) in [5.41, 5.74) is 0. The molecule has 0 atom stereocenters. The first-order valence-corrected chi connectivity index (χ1v) is 5.68. The molecule has 0 fully saturated rings. The van der Waals surface area contributed by atoms with Crippen LogP contribution in [0.25, 0.3) is 0 Å². The molecule has 0 aliphatic rings. The maximum absolute atomic E-state index is 11.1. The van der Waals surface area contributed by atoms with Crippen LogP contribution >= 0.6 is 0 Å². The second-order valence-electron chi connectivity index (χ2n) is 3.98. The Balaban J connectivity index is 3.95. The van der Waals surface area contributed by atoms with Gasteiger partial charge in [0.25, 0.3) is 0 Å². The Hall–Kier alpha value is -1.76. The fourth-order valence-electron chi connectivity index (χ4n) is 1.06. The molecule has 0 unspecified atom stereocenters. The van der Waals surface area contributed by atoms with Crippen molar-refractivity contribution in [2.45, 2.75) is 32.8 Å². The summed E-state index contributed by atoms with van der Waals surface area (Å²) in [4.78, 5) is 43.5. The van der Waals surface area contributed by atoms with E-state index in [9.17, 15) is 19.2 Å². The smallest absolute Gasteiger partial charge is 0.313 e. The predicted molar refractivity (Wildman–Crippen MR) is 63.3 cm³/mol. The molecule has 0 N–H and O–H groups in total. The minimum absolute atomic E-state index is 0.129. The number of ketones is 2. The number of ether oxygens (including phenoxy) is 3. The van der Waals surface area contributed by atoms with E-state index in [0.717, 1.165) is 0 Å². The van der Waals surface area contributed by atoms with Crippen LogP contribution in [-0.2, 0) is 33.4 Å². The minimum atomic E-state index is -0.662. The zero-order valence-corrected chi connectivity index (χ0v) is 11.3. The first-order chi connectivity index (χ1) is 8.85. The van der Waals surface area contributed by atoms with Gasteiger partial charge in [-0.15, -0.1) is 0 Å². The molecule has 0 aliphatic carbocycles. The summed E-state index contributed by atoms with van der Waals surface area (Å²) in [5.74, 6) is -1.92. The van der Waals surface area contributed by atoms with E-state index >= 15 is 0 Å². The fraction of sp³-hybridized carbons (Fsp3) is 0.667. The normalized spacial score (nSPS) is 10.1. The molecule has 0 aromatic heterocycles. The molecule has 7 heteroatoms. The van der Waals surface area contributed by atoms with E-state index in [1.165, 1.54) is 21.0 Å². The van der Waals surface area contributed by atoms with Crippen molar-refractivity contribution in [3.05, 3.63) is 0 Å². The van der Waals surface area contributed by atoms with E-state index in [4.69, 9.17) is 14.2 Å². The van der Waals surface area contributed by atoms with Crippen molar-refractivity contribution in [3.8, 4) is 0 Å². The van der Waals surface area contributed by atoms with Crippen molar-refractivity contribution < 1.29 is 33.4 Å². The summed E-state index contributed by atoms with van der Waals surface area (Å²) in [6, 6.07) is 0. The Labute approximate surface area is 111 Å². The van der Waals surface area contributed by atoms with E-state index in [0.29, 0.717) is 0 Å². The molecule has 0 amide bonds. The quantitative estimate of drug-likeness (QED) is 0.433. The highest BCUT2D eigenvalue weighted by Crippen LogP contribution is 1.98. The highest BCUT2D eigenvalue weighted by Gasteiger charge is 2.15. The van der Waals surface area contributed by atoms with Gasteiger partial charge in [0.2, 0.25) is 0 Å². The van der Waals surface area contributed by atoms with Crippen molar-refractivity contribution in [1.82, 2.24) is 0 Å². The zero-order valence-electron chi connectivity index (χ0n) is 11.3. The summed E-state index contributed by atoms with van der Waals surface area (Å²) < 4.78 is 14.5. The number of rotatable bonds is 9. The number of hydrogen-bond donors (Lipinski definition) is 0. The Morgan fingerprint density at radius 1 is 0.842 bits per heavy atom. The second-order valence-corrected chi connectivity index (χ2v) is 3.98. The lowest BCUT2D eigenvalue weighted by molar-refractivity contribution is -0.154. The zero-order chi connectivity index (χ0) is 14.8. The van der Waals surface area contributed by atoms with Gasteiger partial charge in [-0.3, -0.25) is 19.2 Å². The molecule has 0 saturated heterocycles. The molecule has 0 aliphatic heterocycles. The molecular formula is C12H18O7. The first-order valence-electron chi connectivity index (χ1n) is 5.68. The molecule has 0 radical (unpaired) electrons. The van der Waals surface area contributed by atoms with Gasteiger partial charge < -0.3 is 14.2 Å². The molecular weight excluding hydrogens is 256 g/mol. The topological polar surface area (TPSA) is 96.0 Å². The van der Waals surface area contributed by atoms with E-state index in [1.54, 1.807) is 0 Å². The third-order valence-electron chi connectivity index (χ3n) is 1.98. The van der Waals surface area contributed by atoms with Crippen LogP contribution in [0.2, 0.25) is 0 Å². The van der Waals surface area contributed by atoms with Crippen LogP contribution in [-0.4, -0.2) is 49.9 Å². The van der Waals surface area contributed by atoms with Crippen LogP contribution < -0.4 is 0 Å². The van der Waals surface area contributed by atoms with Crippen LogP contribution in [0.5, 0.6) is 0 Å². The van der Waals surface area contributed by atoms with Crippen molar-refractivity contribution in [2.75, 3.05) is 20.3 Å². The summed E-state index contributed by atoms with van der Waals surface area (Å²) in [7, 11) is 1.36. The van der Waals surface area contributed by atoms with Gasteiger partial charge in [0.05, 0.1) is 0 Å². The highest BCUT2D eigenvalue weighted by molar-refractivity contribution is 5.94. The van der Waals surface area contributed by atoms with Crippen molar-refractivity contribution >= 4 is 23.5 Å². The highest BCUT2D eigenvalue weighted by atomic mass is 16.6. The summed E-state index contributed by atoms with van der Waals surface area (Å²) in [6.07, 6.45) is -1.24. The average Bonchev–Trinajstić information content (AvgIpc) is 2.27. The number of Topliss-reactive ketones (excluding diaryl/α,β-unsaturated/α-hetero) is 2. The third kappa shape index (κ3) is 9.90. The summed E-state index contributed by atoms with van der Waals surface area (Å²) in [5, 5.41) is 0. The minimum Gasteiger partial charge on any atom is -0.462 e. The Morgan fingerprint density at radius 3 is 1.47 bits per heavy atom. The monoisotopic (exact) mass is 274 g/mol. The molecule has 19 heavy (non-hydrogen) atoms. The molecule has 0 rings (SSSR count). The lowest BCUT2D eigenvalue weighted by Gasteiger charge is -2.15. The molecule has 0 aromatic carbocycles. The molecule has 0 aromatic rings. The Morgan fingerprint density at radius 2 is 1.21 bits per heavy atom. The van der Waals surface area contributed by atoms with E-state index < -0.39 is 18.0 Å². The molecule has 0 spiro atoms. The van der Waals surface area contributed by atoms with Gasteiger partial charge in [-0.1, -0.05) is 0 Å². The second kappa shape index (κ2) is 9.21. The van der Waals surface area contributed by atoms with Crippen LogP contribution in [0.15, 0.2) is 0 Å². The van der Waals surface area contributed by atoms with Crippen molar-refractivity contribution in [3.63, 3.8) is 0 Å². The van der Waals surface area contributed by atoms with Gasteiger partial charge in [-0.25, -0.2) is 0 Å². The lowest BCUT2D eigenvalue weighted by Crippen LogP contribution is -2.28. The molecule has 108 valence electrons. The fourth-order valence-corrected chi connectivity index (χ4v) is 1.06. The number of carbonyl (C=O) groups is 4.